The number of halogens is 1. The number of hydrogen-bond acceptors (Lipinski definition) is 5. The van der Waals surface area contributed by atoms with Crippen molar-refractivity contribution >= 4 is 22.9 Å². The van der Waals surface area contributed by atoms with Gasteiger partial charge in [-0.1, -0.05) is 18.2 Å². The van der Waals surface area contributed by atoms with Crippen molar-refractivity contribution in [1.29, 1.82) is 0 Å². The molecule has 2 aromatic rings. The molecule has 0 fully saturated rings. The quantitative estimate of drug-likeness (QED) is 0.636. The van der Waals surface area contributed by atoms with Gasteiger partial charge in [0, 0.05) is 41.5 Å². The van der Waals surface area contributed by atoms with E-state index in [9.17, 15) is 14.3 Å². The van der Waals surface area contributed by atoms with E-state index in [-0.39, 0.29) is 18.6 Å². The van der Waals surface area contributed by atoms with E-state index in [1.165, 1.54) is 12.1 Å². The minimum absolute atomic E-state index is 0.196. The third-order valence-electron chi connectivity index (χ3n) is 5.51. The number of hydrogen-bond donors (Lipinski definition) is 3. The fourth-order valence-electron chi connectivity index (χ4n) is 3.91. The summed E-state index contributed by atoms with van der Waals surface area (Å²) in [6, 6.07) is 10.3. The maximum absolute atomic E-state index is 13.8. The third-order valence-corrected chi connectivity index (χ3v) is 5.51. The lowest BCUT2D eigenvalue weighted by Gasteiger charge is -2.28. The van der Waals surface area contributed by atoms with E-state index in [2.05, 4.69) is 10.2 Å². The van der Waals surface area contributed by atoms with Crippen LogP contribution in [0.2, 0.25) is 0 Å². The predicted octanol–water partition coefficient (Wildman–Crippen LogP) is 2.74. The summed E-state index contributed by atoms with van der Waals surface area (Å²) in [7, 11) is 0. The lowest BCUT2D eigenvalue weighted by Crippen LogP contribution is -2.38. The Labute approximate surface area is 174 Å². The van der Waals surface area contributed by atoms with Crippen molar-refractivity contribution in [2.24, 2.45) is 0 Å². The maximum atomic E-state index is 13.8. The molecular formula is C23H25FN2O4. The highest BCUT2D eigenvalue weighted by atomic mass is 19.1. The van der Waals surface area contributed by atoms with Gasteiger partial charge in [0.25, 0.3) is 5.91 Å². The molecular weight excluding hydrogens is 387 g/mol. The molecule has 0 aliphatic carbocycles. The second-order valence-electron chi connectivity index (χ2n) is 7.99. The van der Waals surface area contributed by atoms with Crippen LogP contribution >= 0.6 is 0 Å². The average Bonchev–Trinajstić information content (AvgIpc) is 3.26. The van der Waals surface area contributed by atoms with Gasteiger partial charge >= 0.3 is 0 Å². The van der Waals surface area contributed by atoms with Crippen molar-refractivity contribution in [3.8, 4) is 0 Å². The van der Waals surface area contributed by atoms with Gasteiger partial charge in [-0.2, -0.15) is 0 Å². The molecule has 0 aromatic heterocycles. The summed E-state index contributed by atoms with van der Waals surface area (Å²) in [5, 5.41) is 21.7. The van der Waals surface area contributed by atoms with E-state index in [1.54, 1.807) is 6.07 Å². The summed E-state index contributed by atoms with van der Waals surface area (Å²) in [6.45, 7) is 5.13. The number of nitrogens with one attached hydrogen (secondary N) is 1. The van der Waals surface area contributed by atoms with Gasteiger partial charge in [-0.3, -0.25) is 9.69 Å². The Bertz CT molecular complexity index is 1020. The third kappa shape index (κ3) is 3.84. The lowest BCUT2D eigenvalue weighted by atomic mass is 9.99. The van der Waals surface area contributed by atoms with Gasteiger partial charge in [0.1, 0.15) is 18.2 Å². The molecule has 1 atom stereocenters. The molecule has 0 unspecified atom stereocenters. The highest BCUT2D eigenvalue weighted by Crippen LogP contribution is 2.42. The highest BCUT2D eigenvalue weighted by Gasteiger charge is 2.33. The molecule has 2 heterocycles. The van der Waals surface area contributed by atoms with Crippen LogP contribution in [0.3, 0.4) is 0 Å². The summed E-state index contributed by atoms with van der Waals surface area (Å²) in [6.07, 6.45) is -0.789. The first kappa shape index (κ1) is 20.5. The first-order valence-corrected chi connectivity index (χ1v) is 10.0. The second-order valence-corrected chi connectivity index (χ2v) is 7.99. The minimum Gasteiger partial charge on any atom is -0.487 e. The van der Waals surface area contributed by atoms with Gasteiger partial charge in [0.2, 0.25) is 0 Å². The van der Waals surface area contributed by atoms with Crippen LogP contribution in [0, 0.1) is 5.82 Å². The van der Waals surface area contributed by atoms with Crippen molar-refractivity contribution in [2.75, 3.05) is 18.5 Å². The number of fused-ring (bicyclic) bond motifs is 2. The molecule has 2 aromatic carbocycles. The van der Waals surface area contributed by atoms with E-state index in [0.29, 0.717) is 42.3 Å². The van der Waals surface area contributed by atoms with Crippen LogP contribution in [-0.2, 0) is 22.7 Å². The monoisotopic (exact) mass is 412 g/mol. The van der Waals surface area contributed by atoms with Gasteiger partial charge in [-0.05, 0) is 37.6 Å². The summed E-state index contributed by atoms with van der Waals surface area (Å²) in [5.74, 6) is -0.239. The van der Waals surface area contributed by atoms with Crippen LogP contribution in [0.4, 0.5) is 10.1 Å². The van der Waals surface area contributed by atoms with Crippen LogP contribution in [0.25, 0.3) is 11.3 Å². The maximum Gasteiger partial charge on any atom is 0.260 e. The van der Waals surface area contributed by atoms with E-state index in [0.717, 1.165) is 16.7 Å². The summed E-state index contributed by atoms with van der Waals surface area (Å²) in [5.41, 5.74) is 4.27. The van der Waals surface area contributed by atoms with Crippen molar-refractivity contribution in [1.82, 2.24) is 4.90 Å². The molecule has 3 N–H and O–H groups in total. The smallest absolute Gasteiger partial charge is 0.260 e. The first-order chi connectivity index (χ1) is 14.4. The molecule has 0 spiro atoms. The van der Waals surface area contributed by atoms with Gasteiger partial charge in [-0.25, -0.2) is 4.39 Å². The highest BCUT2D eigenvalue weighted by molar-refractivity contribution is 6.36. The topological polar surface area (TPSA) is 82.0 Å². The SMILES string of the molecule is CC(C)N(Cc1ccc2c(c1)COC2=C1C(=O)Nc2ccc(F)cc21)C[C@@H](O)CO. The first-order valence-electron chi connectivity index (χ1n) is 10.0. The summed E-state index contributed by atoms with van der Waals surface area (Å²) < 4.78 is 19.6. The molecule has 6 nitrogen and oxygen atoms in total. The molecule has 30 heavy (non-hydrogen) atoms. The molecule has 0 bridgehead atoms. The zero-order chi connectivity index (χ0) is 21.4. The van der Waals surface area contributed by atoms with Crippen LogP contribution in [0.1, 0.15) is 36.1 Å². The Morgan fingerprint density at radius 1 is 1.20 bits per heavy atom. The fourth-order valence-corrected chi connectivity index (χ4v) is 3.91. The number of benzene rings is 2. The Hall–Kier alpha value is -2.74. The van der Waals surface area contributed by atoms with Crippen molar-refractivity contribution in [3.63, 3.8) is 0 Å². The molecule has 2 aliphatic heterocycles. The molecule has 4 rings (SSSR count). The standard InChI is InChI=1S/C23H25FN2O4/c1-13(2)26(10-17(28)11-27)9-14-3-5-18-15(7-14)12-30-22(18)21-19-8-16(24)4-6-20(19)25-23(21)29/h3-8,13,17,27-28H,9-12H2,1-2H3,(H,25,29)/t17-/m1/s1. The van der Waals surface area contributed by atoms with Crippen LogP contribution in [-0.4, -0.2) is 46.3 Å². The van der Waals surface area contributed by atoms with E-state index in [1.807, 2.05) is 32.0 Å². The summed E-state index contributed by atoms with van der Waals surface area (Å²) >= 11 is 0. The number of rotatable bonds is 6. The normalized spacial score (nSPS) is 18.4. The number of anilines is 1. The molecule has 0 saturated heterocycles. The van der Waals surface area contributed by atoms with Crippen LogP contribution in [0.15, 0.2) is 36.4 Å². The number of ether oxygens (including phenoxy) is 1. The van der Waals surface area contributed by atoms with Crippen molar-refractivity contribution in [3.05, 3.63) is 64.5 Å². The largest absolute Gasteiger partial charge is 0.487 e. The number of carbonyl (C=O) groups is 1. The zero-order valence-corrected chi connectivity index (χ0v) is 17.0. The number of carbonyl (C=O) groups excluding carboxylic acids is 1. The number of amides is 1. The van der Waals surface area contributed by atoms with Gasteiger partial charge in [0.15, 0.2) is 0 Å². The van der Waals surface area contributed by atoms with Gasteiger partial charge in [0.05, 0.1) is 18.3 Å². The number of aliphatic hydroxyl groups is 2. The Morgan fingerprint density at radius 2 is 2.00 bits per heavy atom. The number of nitrogens with zero attached hydrogens (tertiary/aromatic N) is 1. The minimum atomic E-state index is -0.789. The molecule has 0 saturated carbocycles. The Balaban J connectivity index is 1.64. The fraction of sp³-hybridized carbons (Fsp3) is 0.348. The molecule has 7 heteroatoms. The Kier molecular flexibility index (Phi) is 5.60. The second kappa shape index (κ2) is 8.18. The molecule has 0 radical (unpaired) electrons. The summed E-state index contributed by atoms with van der Waals surface area (Å²) in [4.78, 5) is 14.6. The van der Waals surface area contributed by atoms with Crippen molar-refractivity contribution in [2.45, 2.75) is 39.1 Å². The zero-order valence-electron chi connectivity index (χ0n) is 17.0. The molecule has 158 valence electrons. The molecule has 1 amide bonds. The van der Waals surface area contributed by atoms with E-state index < -0.39 is 11.9 Å². The Morgan fingerprint density at radius 3 is 2.73 bits per heavy atom. The lowest BCUT2D eigenvalue weighted by molar-refractivity contribution is -0.110. The van der Waals surface area contributed by atoms with E-state index in [4.69, 9.17) is 9.84 Å². The van der Waals surface area contributed by atoms with Crippen LogP contribution in [0.5, 0.6) is 0 Å². The van der Waals surface area contributed by atoms with Gasteiger partial charge in [-0.15, -0.1) is 0 Å². The van der Waals surface area contributed by atoms with Crippen LogP contribution < -0.4 is 5.32 Å². The van der Waals surface area contributed by atoms with E-state index >= 15 is 0 Å². The molecule has 2 aliphatic rings. The predicted molar refractivity (Wildman–Crippen MR) is 112 cm³/mol. The number of aliphatic hydroxyl groups excluding tert-OH is 2. The van der Waals surface area contributed by atoms with Gasteiger partial charge < -0.3 is 20.3 Å². The van der Waals surface area contributed by atoms with Crippen molar-refractivity contribution < 1.29 is 24.1 Å². The average molecular weight is 412 g/mol.